The summed E-state index contributed by atoms with van der Waals surface area (Å²) in [4.78, 5) is 0.298. The predicted molar refractivity (Wildman–Crippen MR) is 75.3 cm³/mol. The van der Waals surface area contributed by atoms with Crippen molar-refractivity contribution in [2.75, 3.05) is 26.7 Å². The highest BCUT2D eigenvalue weighted by Gasteiger charge is 2.22. The Morgan fingerprint density at radius 3 is 2.37 bits per heavy atom. The summed E-state index contributed by atoms with van der Waals surface area (Å²) >= 11 is 0. The van der Waals surface area contributed by atoms with Gasteiger partial charge in [0.15, 0.2) is 0 Å². The first-order valence-electron chi connectivity index (χ1n) is 6.40. The number of rotatable bonds is 8. The van der Waals surface area contributed by atoms with Crippen molar-refractivity contribution in [3.63, 3.8) is 0 Å². The Labute approximate surface area is 115 Å². The summed E-state index contributed by atoms with van der Waals surface area (Å²) in [6.45, 7) is 3.24. The number of aliphatic hydroxyl groups excluding tert-OH is 1. The summed E-state index contributed by atoms with van der Waals surface area (Å²) in [5, 5.41) is 11.8. The molecular weight excluding hydrogens is 264 g/mol. The molecule has 2 N–H and O–H groups in total. The highest BCUT2D eigenvalue weighted by atomic mass is 32.2. The molecule has 108 valence electrons. The predicted octanol–water partition coefficient (Wildman–Crippen LogP) is 0.799. The maximum absolute atomic E-state index is 12.4. The second-order valence-corrected chi connectivity index (χ2v) is 6.19. The Kier molecular flexibility index (Phi) is 6.44. The Hall–Kier alpha value is -0.950. The molecule has 0 aromatic heterocycles. The second kappa shape index (κ2) is 7.59. The number of hydrogen-bond acceptors (Lipinski definition) is 4. The molecule has 0 heterocycles. The normalized spacial score (nSPS) is 12.0. The lowest BCUT2D eigenvalue weighted by atomic mass is 10.2. The Morgan fingerprint density at radius 1 is 1.26 bits per heavy atom. The summed E-state index contributed by atoms with van der Waals surface area (Å²) in [6, 6.07) is 6.87. The van der Waals surface area contributed by atoms with Crippen LogP contribution in [0, 0.1) is 0 Å². The maximum atomic E-state index is 12.4. The highest BCUT2D eigenvalue weighted by molar-refractivity contribution is 7.89. The van der Waals surface area contributed by atoms with E-state index in [0.717, 1.165) is 5.56 Å². The van der Waals surface area contributed by atoms with Crippen LogP contribution in [-0.2, 0) is 16.6 Å². The number of hydrogen-bond donors (Lipinski definition) is 2. The van der Waals surface area contributed by atoms with Crippen molar-refractivity contribution in [1.82, 2.24) is 9.62 Å². The molecule has 5 nitrogen and oxygen atoms in total. The second-order valence-electron chi connectivity index (χ2n) is 4.25. The van der Waals surface area contributed by atoms with Gasteiger partial charge in [0.1, 0.15) is 0 Å². The van der Waals surface area contributed by atoms with Crippen molar-refractivity contribution in [1.29, 1.82) is 0 Å². The fraction of sp³-hybridized carbons (Fsp3) is 0.538. The molecule has 0 saturated heterocycles. The standard InChI is InChI=1S/C13H22N2O3S/c1-3-15(9-4-10-16)19(17,18)13-7-5-12(6-8-13)11-14-2/h5-8,14,16H,3-4,9-11H2,1-2H3. The number of nitrogens with one attached hydrogen (secondary N) is 1. The lowest BCUT2D eigenvalue weighted by Gasteiger charge is -2.20. The summed E-state index contributed by atoms with van der Waals surface area (Å²) in [5.41, 5.74) is 1.04. The fourth-order valence-corrected chi connectivity index (χ4v) is 3.32. The van der Waals surface area contributed by atoms with Gasteiger partial charge in [0.25, 0.3) is 0 Å². The van der Waals surface area contributed by atoms with Gasteiger partial charge in [-0.2, -0.15) is 4.31 Å². The van der Waals surface area contributed by atoms with E-state index in [4.69, 9.17) is 5.11 Å². The van der Waals surface area contributed by atoms with Gasteiger partial charge in [-0.3, -0.25) is 0 Å². The van der Waals surface area contributed by atoms with Crippen LogP contribution in [0.5, 0.6) is 0 Å². The van der Waals surface area contributed by atoms with Gasteiger partial charge in [-0.1, -0.05) is 19.1 Å². The maximum Gasteiger partial charge on any atom is 0.243 e. The van der Waals surface area contributed by atoms with Gasteiger partial charge >= 0.3 is 0 Å². The average molecular weight is 286 g/mol. The molecular formula is C13H22N2O3S. The van der Waals surface area contributed by atoms with Crippen LogP contribution in [0.3, 0.4) is 0 Å². The van der Waals surface area contributed by atoms with Crippen LogP contribution in [-0.4, -0.2) is 44.6 Å². The zero-order chi connectivity index (χ0) is 14.3. The molecule has 0 atom stereocenters. The topological polar surface area (TPSA) is 69.6 Å². The summed E-state index contributed by atoms with van der Waals surface area (Å²) < 4.78 is 26.1. The molecule has 0 fully saturated rings. The third-order valence-corrected chi connectivity index (χ3v) is 4.85. The monoisotopic (exact) mass is 286 g/mol. The van der Waals surface area contributed by atoms with E-state index in [0.29, 0.717) is 31.0 Å². The minimum Gasteiger partial charge on any atom is -0.396 e. The Balaban J connectivity index is 2.91. The van der Waals surface area contributed by atoms with Gasteiger partial charge in [0.05, 0.1) is 4.90 Å². The number of aliphatic hydroxyl groups is 1. The largest absolute Gasteiger partial charge is 0.396 e. The van der Waals surface area contributed by atoms with Crippen molar-refractivity contribution < 1.29 is 13.5 Å². The molecule has 6 heteroatoms. The molecule has 0 saturated carbocycles. The zero-order valence-electron chi connectivity index (χ0n) is 11.5. The minimum absolute atomic E-state index is 0.00682. The highest BCUT2D eigenvalue weighted by Crippen LogP contribution is 2.16. The van der Waals surface area contributed by atoms with E-state index in [1.807, 2.05) is 19.2 Å². The van der Waals surface area contributed by atoms with Crippen LogP contribution in [0.2, 0.25) is 0 Å². The third-order valence-electron chi connectivity index (χ3n) is 2.86. The quantitative estimate of drug-likeness (QED) is 0.741. The third kappa shape index (κ3) is 4.28. The minimum atomic E-state index is -3.45. The summed E-state index contributed by atoms with van der Waals surface area (Å²) in [7, 11) is -1.61. The van der Waals surface area contributed by atoms with Crippen molar-refractivity contribution in [3.8, 4) is 0 Å². The van der Waals surface area contributed by atoms with Gasteiger partial charge < -0.3 is 10.4 Å². The molecule has 0 amide bonds. The molecule has 1 aromatic rings. The van der Waals surface area contributed by atoms with E-state index in [2.05, 4.69) is 5.32 Å². The van der Waals surface area contributed by atoms with E-state index >= 15 is 0 Å². The first-order valence-corrected chi connectivity index (χ1v) is 7.84. The molecule has 0 aliphatic heterocycles. The molecule has 0 radical (unpaired) electrons. The van der Waals surface area contributed by atoms with Gasteiger partial charge in [0, 0.05) is 26.2 Å². The van der Waals surface area contributed by atoms with Crippen LogP contribution >= 0.6 is 0 Å². The summed E-state index contributed by atoms with van der Waals surface area (Å²) in [5.74, 6) is 0. The van der Waals surface area contributed by atoms with Crippen molar-refractivity contribution >= 4 is 10.0 Å². The zero-order valence-corrected chi connectivity index (χ0v) is 12.3. The van der Waals surface area contributed by atoms with Crippen LogP contribution in [0.1, 0.15) is 18.9 Å². The Morgan fingerprint density at radius 2 is 1.89 bits per heavy atom. The van der Waals surface area contributed by atoms with E-state index in [1.165, 1.54) is 4.31 Å². The van der Waals surface area contributed by atoms with Gasteiger partial charge in [-0.25, -0.2) is 8.42 Å². The van der Waals surface area contributed by atoms with Crippen LogP contribution < -0.4 is 5.32 Å². The smallest absolute Gasteiger partial charge is 0.243 e. The molecule has 0 aliphatic rings. The molecule has 0 spiro atoms. The van der Waals surface area contributed by atoms with E-state index in [1.54, 1.807) is 19.1 Å². The molecule has 0 bridgehead atoms. The van der Waals surface area contributed by atoms with Gasteiger partial charge in [-0.15, -0.1) is 0 Å². The number of benzene rings is 1. The van der Waals surface area contributed by atoms with Crippen molar-refractivity contribution in [2.45, 2.75) is 24.8 Å². The molecule has 19 heavy (non-hydrogen) atoms. The molecule has 0 aliphatic carbocycles. The molecule has 0 unspecified atom stereocenters. The van der Waals surface area contributed by atoms with E-state index < -0.39 is 10.0 Å². The number of nitrogens with zero attached hydrogens (tertiary/aromatic N) is 1. The van der Waals surface area contributed by atoms with Crippen molar-refractivity contribution in [3.05, 3.63) is 29.8 Å². The van der Waals surface area contributed by atoms with Crippen LogP contribution in [0.15, 0.2) is 29.2 Å². The lowest BCUT2D eigenvalue weighted by molar-refractivity contribution is 0.271. The summed E-state index contributed by atoms with van der Waals surface area (Å²) in [6.07, 6.45) is 0.449. The first kappa shape index (κ1) is 16.1. The van der Waals surface area contributed by atoms with Crippen molar-refractivity contribution in [2.24, 2.45) is 0 Å². The van der Waals surface area contributed by atoms with Crippen LogP contribution in [0.25, 0.3) is 0 Å². The fourth-order valence-electron chi connectivity index (χ4n) is 1.83. The Bertz CT molecular complexity index is 471. The number of sulfonamides is 1. The van der Waals surface area contributed by atoms with E-state index in [-0.39, 0.29) is 6.61 Å². The average Bonchev–Trinajstić information content (AvgIpc) is 2.40. The van der Waals surface area contributed by atoms with Gasteiger partial charge in [-0.05, 0) is 31.2 Å². The lowest BCUT2D eigenvalue weighted by Crippen LogP contribution is -2.32. The molecule has 1 rings (SSSR count). The SMILES string of the molecule is CCN(CCCO)S(=O)(=O)c1ccc(CNC)cc1. The van der Waals surface area contributed by atoms with Crippen LogP contribution in [0.4, 0.5) is 0 Å². The van der Waals surface area contributed by atoms with E-state index in [9.17, 15) is 8.42 Å². The van der Waals surface area contributed by atoms with Gasteiger partial charge in [0.2, 0.25) is 10.0 Å². The first-order chi connectivity index (χ1) is 9.06. The molecule has 1 aromatic carbocycles.